The molecule has 0 saturated carbocycles. The third-order valence-electron chi connectivity index (χ3n) is 5.70. The molecule has 7 heteroatoms. The maximum Gasteiger partial charge on any atom is 0.229 e. The van der Waals surface area contributed by atoms with Gasteiger partial charge < -0.3 is 15.7 Å². The molecule has 3 N–H and O–H groups in total. The second-order valence-corrected chi connectivity index (χ2v) is 8.27. The Morgan fingerprint density at radius 3 is 3.04 bits per heavy atom. The molecule has 3 heterocycles. The van der Waals surface area contributed by atoms with Crippen LogP contribution in [0.1, 0.15) is 39.5 Å². The second kappa shape index (κ2) is 7.41. The lowest BCUT2D eigenvalue weighted by Crippen LogP contribution is -2.55. The van der Waals surface area contributed by atoms with Gasteiger partial charge in [0.1, 0.15) is 5.76 Å². The van der Waals surface area contributed by atoms with E-state index in [2.05, 4.69) is 45.1 Å². The van der Waals surface area contributed by atoms with Gasteiger partial charge in [-0.1, -0.05) is 0 Å². The molecular formula is C21H26FN5O. The van der Waals surface area contributed by atoms with Crippen molar-refractivity contribution in [3.05, 3.63) is 53.5 Å². The summed E-state index contributed by atoms with van der Waals surface area (Å²) >= 11 is 0. The highest BCUT2D eigenvalue weighted by molar-refractivity contribution is 5.48. The predicted molar refractivity (Wildman–Crippen MR) is 108 cm³/mol. The minimum Gasteiger partial charge on any atom is -0.507 e. The predicted octanol–water partition coefficient (Wildman–Crippen LogP) is 3.90. The molecule has 2 unspecified atom stereocenters. The Balaban J connectivity index is 1.49. The van der Waals surface area contributed by atoms with Crippen LogP contribution in [0.2, 0.25) is 0 Å². The first-order chi connectivity index (χ1) is 13.4. The van der Waals surface area contributed by atoms with Gasteiger partial charge in [0.15, 0.2) is 11.6 Å². The Morgan fingerprint density at radius 2 is 2.18 bits per heavy atom. The van der Waals surface area contributed by atoms with E-state index < -0.39 is 5.82 Å². The first-order valence-corrected chi connectivity index (χ1v) is 9.77. The zero-order valence-electron chi connectivity index (χ0n) is 16.2. The van der Waals surface area contributed by atoms with Gasteiger partial charge in [-0.15, -0.1) is 5.73 Å². The Labute approximate surface area is 164 Å². The molecule has 0 bridgehead atoms. The Hall–Kier alpha value is -2.63. The number of hydrogen-bond donors (Lipinski definition) is 3. The number of halogens is 1. The van der Waals surface area contributed by atoms with Gasteiger partial charge in [-0.25, -0.2) is 9.37 Å². The average Bonchev–Trinajstić information content (AvgIpc) is 3.02. The van der Waals surface area contributed by atoms with E-state index >= 15 is 0 Å². The number of piperidine rings is 1. The highest BCUT2D eigenvalue weighted by atomic mass is 19.1. The third kappa shape index (κ3) is 3.96. The minimum atomic E-state index is -0.458. The van der Waals surface area contributed by atoms with E-state index in [1.807, 2.05) is 0 Å². The highest BCUT2D eigenvalue weighted by Crippen LogP contribution is 2.38. The van der Waals surface area contributed by atoms with Gasteiger partial charge in [0.2, 0.25) is 5.95 Å². The summed E-state index contributed by atoms with van der Waals surface area (Å²) in [7, 11) is 0. The summed E-state index contributed by atoms with van der Waals surface area (Å²) in [6.07, 6.45) is 11.9. The van der Waals surface area contributed by atoms with Crippen LogP contribution in [0.3, 0.4) is 0 Å². The molecule has 2 aliphatic heterocycles. The normalized spacial score (nSPS) is 26.2. The molecule has 148 valence electrons. The monoisotopic (exact) mass is 383 g/mol. The van der Waals surface area contributed by atoms with Crippen molar-refractivity contribution in [3.63, 3.8) is 0 Å². The lowest BCUT2D eigenvalue weighted by atomic mass is 9.84. The third-order valence-corrected chi connectivity index (χ3v) is 5.70. The SMILES string of the molecule is CC1(C)CC(Nc2nc(NC3=CC=C(O)C=C=C3)ncc2F)CC2CCCN21. The fraction of sp³-hybridized carbons (Fsp3) is 0.476. The molecular weight excluding hydrogens is 357 g/mol. The van der Waals surface area contributed by atoms with E-state index in [0.717, 1.165) is 19.4 Å². The van der Waals surface area contributed by atoms with E-state index in [4.69, 9.17) is 0 Å². The summed E-state index contributed by atoms with van der Waals surface area (Å²) in [5.74, 6) is 0.161. The van der Waals surface area contributed by atoms with Crippen molar-refractivity contribution >= 4 is 11.8 Å². The number of rotatable bonds is 4. The number of nitrogens with zero attached hydrogens (tertiary/aromatic N) is 3. The standard InChI is InChI=1S/C21H26FN5O/c1-21(2)12-15(11-16-6-4-10-27(16)21)24-19-18(22)13-23-20(26-19)25-14-5-3-7-17(28)9-8-14/h5,7-9,13,15-16,28H,4,6,10-12H2,1-2H3,(H2,23,24,25,26). The van der Waals surface area contributed by atoms with Gasteiger partial charge in [0.05, 0.1) is 6.20 Å². The average molecular weight is 383 g/mol. The summed E-state index contributed by atoms with van der Waals surface area (Å²) in [6.45, 7) is 5.69. The Bertz CT molecular complexity index is 885. The van der Waals surface area contributed by atoms with E-state index in [-0.39, 0.29) is 23.2 Å². The number of aliphatic hydroxyl groups excluding tert-OH is 1. The van der Waals surface area contributed by atoms with Gasteiger partial charge in [0, 0.05) is 35.5 Å². The molecule has 0 aromatic carbocycles. The van der Waals surface area contributed by atoms with Crippen molar-refractivity contribution in [2.24, 2.45) is 0 Å². The number of anilines is 2. The van der Waals surface area contributed by atoms with Gasteiger partial charge in [0.25, 0.3) is 0 Å². The number of nitrogens with one attached hydrogen (secondary N) is 2. The van der Waals surface area contributed by atoms with Crippen LogP contribution in [0.15, 0.2) is 47.7 Å². The second-order valence-electron chi connectivity index (χ2n) is 8.27. The van der Waals surface area contributed by atoms with Crippen LogP contribution in [0, 0.1) is 5.82 Å². The van der Waals surface area contributed by atoms with Crippen LogP contribution < -0.4 is 10.6 Å². The minimum absolute atomic E-state index is 0.0955. The summed E-state index contributed by atoms with van der Waals surface area (Å²) in [5.41, 5.74) is 3.59. The van der Waals surface area contributed by atoms with Crippen molar-refractivity contribution in [1.82, 2.24) is 14.9 Å². The number of allylic oxidation sites excluding steroid dienone is 4. The molecule has 4 rings (SSSR count). The van der Waals surface area contributed by atoms with E-state index in [1.165, 1.54) is 25.1 Å². The molecule has 6 nitrogen and oxygen atoms in total. The Morgan fingerprint density at radius 1 is 1.32 bits per heavy atom. The molecule has 1 aromatic heterocycles. The number of aromatic nitrogens is 2. The van der Waals surface area contributed by atoms with Crippen molar-refractivity contribution < 1.29 is 9.50 Å². The van der Waals surface area contributed by atoms with Gasteiger partial charge >= 0.3 is 0 Å². The van der Waals surface area contributed by atoms with Gasteiger partial charge in [-0.2, -0.15) is 4.98 Å². The summed E-state index contributed by atoms with van der Waals surface area (Å²) in [6, 6.07) is 0.725. The lowest BCUT2D eigenvalue weighted by molar-refractivity contribution is 0.0500. The highest BCUT2D eigenvalue weighted by Gasteiger charge is 2.43. The van der Waals surface area contributed by atoms with Crippen LogP contribution in [0.25, 0.3) is 0 Å². The van der Waals surface area contributed by atoms with Crippen LogP contribution in [0.5, 0.6) is 0 Å². The molecule has 2 fully saturated rings. The Kier molecular flexibility index (Phi) is 4.96. The van der Waals surface area contributed by atoms with Crippen LogP contribution >= 0.6 is 0 Å². The number of fused-ring (bicyclic) bond motifs is 1. The maximum absolute atomic E-state index is 14.4. The molecule has 2 saturated heterocycles. The largest absolute Gasteiger partial charge is 0.507 e. The summed E-state index contributed by atoms with van der Waals surface area (Å²) in [5, 5.41) is 15.8. The van der Waals surface area contributed by atoms with E-state index in [0.29, 0.717) is 17.7 Å². The molecule has 2 atom stereocenters. The summed E-state index contributed by atoms with van der Waals surface area (Å²) < 4.78 is 14.4. The van der Waals surface area contributed by atoms with Crippen LogP contribution in [-0.4, -0.2) is 44.1 Å². The zero-order valence-corrected chi connectivity index (χ0v) is 16.2. The van der Waals surface area contributed by atoms with Gasteiger partial charge in [-0.05, 0) is 58.2 Å². The first kappa shape index (κ1) is 18.7. The molecule has 3 aliphatic rings. The molecule has 28 heavy (non-hydrogen) atoms. The first-order valence-electron chi connectivity index (χ1n) is 9.77. The van der Waals surface area contributed by atoms with Crippen molar-refractivity contribution in [2.75, 3.05) is 17.2 Å². The topological polar surface area (TPSA) is 73.3 Å². The number of hydrogen-bond acceptors (Lipinski definition) is 6. The fourth-order valence-corrected chi connectivity index (χ4v) is 4.54. The molecule has 0 spiro atoms. The van der Waals surface area contributed by atoms with Crippen LogP contribution in [0.4, 0.5) is 16.2 Å². The molecule has 0 radical (unpaired) electrons. The molecule has 1 aromatic rings. The quantitative estimate of drug-likeness (QED) is 0.685. The molecule has 1 aliphatic carbocycles. The molecule has 0 amide bonds. The van der Waals surface area contributed by atoms with E-state index in [9.17, 15) is 9.50 Å². The van der Waals surface area contributed by atoms with Crippen molar-refractivity contribution in [2.45, 2.75) is 57.2 Å². The smallest absolute Gasteiger partial charge is 0.229 e. The fourth-order valence-electron chi connectivity index (χ4n) is 4.54. The number of aliphatic hydroxyl groups is 1. The maximum atomic E-state index is 14.4. The van der Waals surface area contributed by atoms with Crippen molar-refractivity contribution in [3.8, 4) is 0 Å². The summed E-state index contributed by atoms with van der Waals surface area (Å²) in [4.78, 5) is 11.0. The van der Waals surface area contributed by atoms with Crippen LogP contribution in [-0.2, 0) is 0 Å². The van der Waals surface area contributed by atoms with Gasteiger partial charge in [-0.3, -0.25) is 4.90 Å². The van der Waals surface area contributed by atoms with E-state index in [1.54, 1.807) is 18.2 Å². The van der Waals surface area contributed by atoms with Crippen molar-refractivity contribution in [1.29, 1.82) is 0 Å². The lowest BCUT2D eigenvalue weighted by Gasteiger charge is -2.47. The zero-order chi connectivity index (χ0) is 19.7.